The molecule has 1 aliphatic heterocycles. The number of aliphatic carboxylic acids is 1. The van der Waals surface area contributed by atoms with Gasteiger partial charge in [0.25, 0.3) is 0 Å². The number of halogens is 2. The number of fused-ring (bicyclic) bond motifs is 1. The van der Waals surface area contributed by atoms with Crippen LogP contribution in [0.15, 0.2) is 54.7 Å². The molecule has 1 aliphatic rings. The van der Waals surface area contributed by atoms with Crippen LogP contribution in [0.2, 0.25) is 5.02 Å². The van der Waals surface area contributed by atoms with Gasteiger partial charge in [-0.3, -0.25) is 9.78 Å². The van der Waals surface area contributed by atoms with E-state index in [4.69, 9.17) is 16.3 Å². The molecule has 1 aromatic heterocycles. The molecule has 36 heavy (non-hydrogen) atoms. The monoisotopic (exact) mass is 512 g/mol. The lowest BCUT2D eigenvalue weighted by atomic mass is 9.79. The molecule has 2 heterocycles. The van der Waals surface area contributed by atoms with Crippen LogP contribution in [-0.2, 0) is 11.2 Å². The van der Waals surface area contributed by atoms with Gasteiger partial charge in [-0.05, 0) is 98.5 Å². The van der Waals surface area contributed by atoms with Crippen LogP contribution in [0.5, 0.6) is 5.75 Å². The predicted molar refractivity (Wildman–Crippen MR) is 141 cm³/mol. The molecule has 0 saturated carbocycles. The summed E-state index contributed by atoms with van der Waals surface area (Å²) >= 11 is 6.28. The average Bonchev–Trinajstić information content (AvgIpc) is 2.88. The van der Waals surface area contributed by atoms with Gasteiger partial charge in [0.2, 0.25) is 0 Å². The lowest BCUT2D eigenvalue weighted by molar-refractivity contribution is -0.139. The number of carboxylic acid groups (broad SMARTS) is 1. The number of methoxy groups -OCH3 is 1. The molecule has 0 aliphatic carbocycles. The van der Waals surface area contributed by atoms with Crippen molar-refractivity contribution in [3.05, 3.63) is 70.9 Å². The van der Waals surface area contributed by atoms with Crippen molar-refractivity contribution >= 4 is 28.5 Å². The first kappa shape index (κ1) is 26.4. The summed E-state index contributed by atoms with van der Waals surface area (Å²) in [6, 6.07) is 15.1. The van der Waals surface area contributed by atoms with E-state index >= 15 is 4.39 Å². The molecule has 4 rings (SSSR count). The molecule has 2 aromatic carbocycles. The number of pyridine rings is 1. The van der Waals surface area contributed by atoms with E-state index in [1.54, 1.807) is 19.4 Å². The maximum Gasteiger partial charge on any atom is 0.303 e. The van der Waals surface area contributed by atoms with Gasteiger partial charge in [0.15, 0.2) is 0 Å². The largest absolute Gasteiger partial charge is 0.497 e. The van der Waals surface area contributed by atoms with E-state index in [2.05, 4.69) is 16.0 Å². The van der Waals surface area contributed by atoms with Gasteiger partial charge in [-0.2, -0.15) is 0 Å². The minimum absolute atomic E-state index is 0.0260. The minimum atomic E-state index is -1.14. The molecule has 5 nitrogen and oxygen atoms in total. The van der Waals surface area contributed by atoms with Crippen LogP contribution in [0.4, 0.5) is 4.39 Å². The summed E-state index contributed by atoms with van der Waals surface area (Å²) in [5, 5.41) is 11.1. The smallest absolute Gasteiger partial charge is 0.303 e. The maximum absolute atomic E-state index is 15.5. The zero-order valence-electron chi connectivity index (χ0n) is 20.7. The van der Waals surface area contributed by atoms with Crippen LogP contribution in [0.3, 0.4) is 0 Å². The molecule has 3 aromatic rings. The molecule has 0 bridgehead atoms. The Morgan fingerprint density at radius 1 is 1.25 bits per heavy atom. The second-order valence-corrected chi connectivity index (χ2v) is 10.1. The van der Waals surface area contributed by atoms with Gasteiger partial charge < -0.3 is 14.7 Å². The molecule has 0 unspecified atom stereocenters. The van der Waals surface area contributed by atoms with Gasteiger partial charge >= 0.3 is 5.97 Å². The van der Waals surface area contributed by atoms with Crippen molar-refractivity contribution in [2.24, 2.45) is 11.8 Å². The average molecular weight is 513 g/mol. The first-order chi connectivity index (χ1) is 17.4. The SMILES string of the molecule is COc1ccc2nccc([C@@H](F)CC[C@@H]3CCN(CCCc4ccccc4Cl)C[C@@H]3CC(=O)O)c2c1. The van der Waals surface area contributed by atoms with E-state index < -0.39 is 12.1 Å². The Hall–Kier alpha value is -2.70. The molecule has 0 spiro atoms. The highest BCUT2D eigenvalue weighted by Crippen LogP contribution is 2.36. The Bertz CT molecular complexity index is 1170. The normalized spacial score (nSPS) is 19.3. The van der Waals surface area contributed by atoms with Crippen molar-refractivity contribution in [3.63, 3.8) is 0 Å². The number of benzene rings is 2. The summed E-state index contributed by atoms with van der Waals surface area (Å²) in [7, 11) is 1.59. The van der Waals surface area contributed by atoms with Crippen LogP contribution < -0.4 is 4.74 Å². The van der Waals surface area contributed by atoms with Crippen molar-refractivity contribution in [2.75, 3.05) is 26.7 Å². The fourth-order valence-corrected chi connectivity index (χ4v) is 5.68. The fraction of sp³-hybridized carbons (Fsp3) is 0.448. The third-order valence-electron chi connectivity index (χ3n) is 7.40. The number of alkyl halides is 1. The van der Waals surface area contributed by atoms with Crippen LogP contribution in [-0.4, -0.2) is 47.7 Å². The Kier molecular flexibility index (Phi) is 9.16. The zero-order chi connectivity index (χ0) is 25.5. The van der Waals surface area contributed by atoms with Gasteiger partial charge in [-0.25, -0.2) is 4.39 Å². The highest BCUT2D eigenvalue weighted by Gasteiger charge is 2.31. The van der Waals surface area contributed by atoms with Crippen molar-refractivity contribution in [1.29, 1.82) is 0 Å². The number of likely N-dealkylation sites (tertiary alicyclic amines) is 1. The number of aryl methyl sites for hydroxylation is 1. The van der Waals surface area contributed by atoms with Crippen LogP contribution >= 0.6 is 11.6 Å². The maximum atomic E-state index is 15.5. The summed E-state index contributed by atoms with van der Waals surface area (Å²) in [5.74, 6) is 0.110. The van der Waals surface area contributed by atoms with E-state index in [0.29, 0.717) is 24.2 Å². The van der Waals surface area contributed by atoms with Crippen LogP contribution in [0, 0.1) is 11.8 Å². The van der Waals surface area contributed by atoms with E-state index in [1.165, 1.54) is 0 Å². The number of hydrogen-bond acceptors (Lipinski definition) is 4. The number of nitrogens with zero attached hydrogens (tertiary/aromatic N) is 2. The molecule has 192 valence electrons. The van der Waals surface area contributed by atoms with Gasteiger partial charge in [-0.1, -0.05) is 29.8 Å². The Balaban J connectivity index is 1.35. The van der Waals surface area contributed by atoms with Gasteiger partial charge in [0.1, 0.15) is 11.9 Å². The highest BCUT2D eigenvalue weighted by molar-refractivity contribution is 6.31. The Labute approximate surface area is 217 Å². The number of ether oxygens (including phenoxy) is 1. The minimum Gasteiger partial charge on any atom is -0.497 e. The molecular formula is C29H34ClFN2O3. The topological polar surface area (TPSA) is 62.7 Å². The number of rotatable bonds is 11. The fourth-order valence-electron chi connectivity index (χ4n) is 5.45. The van der Waals surface area contributed by atoms with E-state index in [9.17, 15) is 9.90 Å². The Morgan fingerprint density at radius 3 is 2.86 bits per heavy atom. The van der Waals surface area contributed by atoms with E-state index in [1.807, 2.05) is 36.4 Å². The summed E-state index contributed by atoms with van der Waals surface area (Å²) in [6.07, 6.45) is 4.42. The second kappa shape index (κ2) is 12.5. The van der Waals surface area contributed by atoms with Crippen molar-refractivity contribution in [1.82, 2.24) is 9.88 Å². The third-order valence-corrected chi connectivity index (χ3v) is 7.77. The molecule has 1 saturated heterocycles. The van der Waals surface area contributed by atoms with Gasteiger partial charge in [0.05, 0.1) is 12.6 Å². The summed E-state index contributed by atoms with van der Waals surface area (Å²) in [6.45, 7) is 2.56. The molecular weight excluding hydrogens is 479 g/mol. The summed E-state index contributed by atoms with van der Waals surface area (Å²) in [4.78, 5) is 18.3. The lowest BCUT2D eigenvalue weighted by Crippen LogP contribution is -2.42. The Morgan fingerprint density at radius 2 is 2.08 bits per heavy atom. The standard InChI is InChI=1S/C29H34ClFN2O3/c1-36-23-9-11-28-25(18-23)24(12-14-32-28)27(31)10-8-20-13-16-33(19-22(20)17-29(34)35)15-4-6-21-5-2-3-7-26(21)30/h2-3,5,7,9,11-12,14,18,20,22,27H,4,6,8,10,13,15-17,19H2,1H3,(H,34,35)/t20-,22+,27+/m1/s1. The molecule has 7 heteroatoms. The number of carboxylic acids is 1. The van der Waals surface area contributed by atoms with Crippen molar-refractivity contribution in [3.8, 4) is 5.75 Å². The first-order valence-corrected chi connectivity index (χ1v) is 13.1. The highest BCUT2D eigenvalue weighted by atomic mass is 35.5. The number of carbonyl (C=O) groups is 1. The number of piperidine rings is 1. The van der Waals surface area contributed by atoms with Gasteiger partial charge in [-0.15, -0.1) is 0 Å². The summed E-state index contributed by atoms with van der Waals surface area (Å²) in [5.41, 5.74) is 2.50. The quantitative estimate of drug-likeness (QED) is 0.308. The van der Waals surface area contributed by atoms with Gasteiger partial charge in [0, 0.05) is 29.6 Å². The second-order valence-electron chi connectivity index (χ2n) is 9.73. The van der Waals surface area contributed by atoms with Crippen molar-refractivity contribution in [2.45, 2.75) is 44.7 Å². The van der Waals surface area contributed by atoms with Crippen molar-refractivity contribution < 1.29 is 19.0 Å². The lowest BCUT2D eigenvalue weighted by Gasteiger charge is -2.38. The molecule has 1 fully saturated rings. The van der Waals surface area contributed by atoms with E-state index in [0.717, 1.165) is 60.4 Å². The van der Waals surface area contributed by atoms with Crippen LogP contribution in [0.25, 0.3) is 10.9 Å². The van der Waals surface area contributed by atoms with Crippen LogP contribution in [0.1, 0.15) is 49.4 Å². The number of aromatic nitrogens is 1. The molecule has 1 N–H and O–H groups in total. The zero-order valence-corrected chi connectivity index (χ0v) is 21.5. The summed E-state index contributed by atoms with van der Waals surface area (Å²) < 4.78 is 20.8. The predicted octanol–water partition coefficient (Wildman–Crippen LogP) is 6.73. The first-order valence-electron chi connectivity index (χ1n) is 12.7. The molecule has 3 atom stereocenters. The third kappa shape index (κ3) is 6.74. The molecule has 0 amide bonds. The molecule has 0 radical (unpaired) electrons. The van der Waals surface area contributed by atoms with E-state index in [-0.39, 0.29) is 18.3 Å². The number of hydrogen-bond donors (Lipinski definition) is 1.